The first-order valence-electron chi connectivity index (χ1n) is 9.23. The maximum Gasteiger partial charge on any atom is 0.326 e. The van der Waals surface area contributed by atoms with Crippen LogP contribution >= 0.6 is 12.6 Å². The van der Waals surface area contributed by atoms with E-state index < -0.39 is 53.8 Å². The van der Waals surface area contributed by atoms with Crippen molar-refractivity contribution in [3.05, 3.63) is 0 Å². The molecular formula is C17H31N5O6S. The number of carbonyl (C=O) groups excluding carboxylic acids is 4. The molecule has 0 aliphatic heterocycles. The van der Waals surface area contributed by atoms with Crippen LogP contribution in [-0.2, 0) is 24.0 Å². The van der Waals surface area contributed by atoms with Gasteiger partial charge in [0.05, 0.1) is 6.04 Å². The molecule has 0 bridgehead atoms. The van der Waals surface area contributed by atoms with Crippen molar-refractivity contribution in [2.24, 2.45) is 17.4 Å². The third-order valence-electron chi connectivity index (χ3n) is 4.37. The Hall–Kier alpha value is -2.34. The SMILES string of the molecule is CCC(C)C(NC(=O)C(CCC(N)=O)NC(=O)C(C)NC(=O)C(N)CS)C(=O)O. The van der Waals surface area contributed by atoms with Gasteiger partial charge in [0.25, 0.3) is 0 Å². The van der Waals surface area contributed by atoms with E-state index in [4.69, 9.17) is 11.5 Å². The maximum absolute atomic E-state index is 12.6. The number of primary amides is 1. The van der Waals surface area contributed by atoms with Gasteiger partial charge >= 0.3 is 5.97 Å². The number of hydrogen-bond acceptors (Lipinski definition) is 7. The van der Waals surface area contributed by atoms with Crippen LogP contribution in [0, 0.1) is 5.92 Å². The number of hydrogen-bond donors (Lipinski definition) is 7. The van der Waals surface area contributed by atoms with Crippen molar-refractivity contribution < 1.29 is 29.1 Å². The number of carboxylic acids is 1. The Morgan fingerprint density at radius 2 is 1.59 bits per heavy atom. The monoisotopic (exact) mass is 433 g/mol. The Balaban J connectivity index is 5.22. The fourth-order valence-electron chi connectivity index (χ4n) is 2.26. The van der Waals surface area contributed by atoms with Gasteiger partial charge in [-0.1, -0.05) is 20.3 Å². The summed E-state index contributed by atoms with van der Waals surface area (Å²) in [5.41, 5.74) is 10.6. The quantitative estimate of drug-likeness (QED) is 0.165. The average molecular weight is 434 g/mol. The summed E-state index contributed by atoms with van der Waals surface area (Å²) in [6, 6.07) is -4.30. The maximum atomic E-state index is 12.6. The third-order valence-corrected chi connectivity index (χ3v) is 4.77. The largest absolute Gasteiger partial charge is 0.480 e. The van der Waals surface area contributed by atoms with Gasteiger partial charge in [-0.2, -0.15) is 12.6 Å². The van der Waals surface area contributed by atoms with Gasteiger partial charge in [-0.05, 0) is 19.3 Å². The molecule has 0 aromatic rings. The molecule has 0 aromatic heterocycles. The van der Waals surface area contributed by atoms with Gasteiger partial charge in [-0.3, -0.25) is 19.2 Å². The van der Waals surface area contributed by atoms with E-state index in [1.54, 1.807) is 13.8 Å². The molecule has 0 heterocycles. The average Bonchev–Trinajstić information content (AvgIpc) is 2.66. The third kappa shape index (κ3) is 9.61. The number of carbonyl (C=O) groups is 5. The zero-order valence-electron chi connectivity index (χ0n) is 16.8. The molecule has 0 saturated heterocycles. The Kier molecular flexibility index (Phi) is 11.9. The van der Waals surface area contributed by atoms with Crippen molar-refractivity contribution in [2.45, 2.75) is 64.2 Å². The highest BCUT2D eigenvalue weighted by Gasteiger charge is 2.30. The lowest BCUT2D eigenvalue weighted by molar-refractivity contribution is -0.144. The zero-order chi connectivity index (χ0) is 22.7. The number of carboxylic acid groups (broad SMARTS) is 1. The second-order valence-electron chi connectivity index (χ2n) is 6.80. The van der Waals surface area contributed by atoms with Crippen LogP contribution in [-0.4, -0.2) is 64.6 Å². The molecule has 5 atom stereocenters. The van der Waals surface area contributed by atoms with Crippen LogP contribution in [0.2, 0.25) is 0 Å². The Morgan fingerprint density at radius 3 is 2.03 bits per heavy atom. The summed E-state index contributed by atoms with van der Waals surface area (Å²) in [6.07, 6.45) is 0.172. The molecule has 0 saturated carbocycles. The van der Waals surface area contributed by atoms with Crippen molar-refractivity contribution in [3.8, 4) is 0 Å². The lowest BCUT2D eigenvalue weighted by Crippen LogP contribution is -2.57. The fourth-order valence-corrected chi connectivity index (χ4v) is 2.42. The second kappa shape index (κ2) is 13.0. The van der Waals surface area contributed by atoms with Crippen LogP contribution in [0.1, 0.15) is 40.0 Å². The van der Waals surface area contributed by atoms with Gasteiger partial charge in [0.2, 0.25) is 23.6 Å². The standard InChI is InChI=1S/C17H31N5O6S/c1-4-8(2)13(17(27)28)22-16(26)11(5-6-12(19)23)21-14(24)9(3)20-15(25)10(18)7-29/h8-11,13,29H,4-7,18H2,1-3H3,(H2,19,23)(H,20,25)(H,21,24)(H,22,26)(H,27,28). The van der Waals surface area contributed by atoms with Gasteiger partial charge in [0.1, 0.15) is 18.1 Å². The number of nitrogens with one attached hydrogen (secondary N) is 3. The topological polar surface area (TPSA) is 194 Å². The van der Waals surface area contributed by atoms with Crippen LogP contribution in [0.3, 0.4) is 0 Å². The molecule has 29 heavy (non-hydrogen) atoms. The molecule has 4 amide bonds. The van der Waals surface area contributed by atoms with Crippen LogP contribution in [0.5, 0.6) is 0 Å². The number of thiol groups is 1. The Bertz CT molecular complexity index is 617. The van der Waals surface area contributed by atoms with E-state index in [9.17, 15) is 29.1 Å². The first-order chi connectivity index (χ1) is 13.4. The van der Waals surface area contributed by atoms with E-state index in [2.05, 4.69) is 28.6 Å². The van der Waals surface area contributed by atoms with Crippen LogP contribution in [0.15, 0.2) is 0 Å². The van der Waals surface area contributed by atoms with Crippen molar-refractivity contribution >= 4 is 42.2 Å². The minimum atomic E-state index is -1.21. The minimum absolute atomic E-state index is 0.0794. The summed E-state index contributed by atoms with van der Waals surface area (Å²) in [7, 11) is 0. The number of aliphatic carboxylic acids is 1. The summed E-state index contributed by atoms with van der Waals surface area (Å²) in [4.78, 5) is 59.2. The Morgan fingerprint density at radius 1 is 1.00 bits per heavy atom. The minimum Gasteiger partial charge on any atom is -0.480 e. The molecule has 5 unspecified atom stereocenters. The lowest BCUT2D eigenvalue weighted by atomic mass is 9.98. The van der Waals surface area contributed by atoms with E-state index in [-0.39, 0.29) is 24.5 Å². The molecular weight excluding hydrogens is 402 g/mol. The summed E-state index contributed by atoms with van der Waals surface area (Å²) in [6.45, 7) is 4.83. The first kappa shape index (κ1) is 26.7. The molecule has 0 rings (SSSR count). The van der Waals surface area contributed by atoms with Crippen LogP contribution in [0.25, 0.3) is 0 Å². The number of amides is 4. The molecule has 0 aromatic carbocycles. The molecule has 0 aliphatic rings. The van der Waals surface area contributed by atoms with E-state index in [0.29, 0.717) is 6.42 Å². The predicted octanol–water partition coefficient (Wildman–Crippen LogP) is -1.89. The second-order valence-corrected chi connectivity index (χ2v) is 7.16. The number of rotatable bonds is 13. The normalized spacial score (nSPS) is 15.9. The fraction of sp³-hybridized carbons (Fsp3) is 0.706. The smallest absolute Gasteiger partial charge is 0.326 e. The van der Waals surface area contributed by atoms with Crippen LogP contribution < -0.4 is 27.4 Å². The highest BCUT2D eigenvalue weighted by atomic mass is 32.1. The van der Waals surface area contributed by atoms with Crippen molar-refractivity contribution in [1.29, 1.82) is 0 Å². The number of nitrogens with two attached hydrogens (primary N) is 2. The molecule has 8 N–H and O–H groups in total. The summed E-state index contributed by atoms with van der Waals surface area (Å²) in [5.74, 6) is -4.24. The van der Waals surface area contributed by atoms with Crippen LogP contribution in [0.4, 0.5) is 0 Å². The van der Waals surface area contributed by atoms with Crippen molar-refractivity contribution in [2.75, 3.05) is 5.75 Å². The van der Waals surface area contributed by atoms with Gasteiger partial charge in [0.15, 0.2) is 0 Å². The molecule has 166 valence electrons. The highest BCUT2D eigenvalue weighted by Crippen LogP contribution is 2.09. The van der Waals surface area contributed by atoms with Gasteiger partial charge in [0, 0.05) is 12.2 Å². The van der Waals surface area contributed by atoms with E-state index in [1.165, 1.54) is 6.92 Å². The summed E-state index contributed by atoms with van der Waals surface area (Å²) < 4.78 is 0. The summed E-state index contributed by atoms with van der Waals surface area (Å²) in [5, 5.41) is 16.5. The van der Waals surface area contributed by atoms with Gasteiger partial charge < -0.3 is 32.5 Å². The molecule has 12 heteroatoms. The van der Waals surface area contributed by atoms with E-state index in [0.717, 1.165) is 0 Å². The van der Waals surface area contributed by atoms with Crippen molar-refractivity contribution in [3.63, 3.8) is 0 Å². The van der Waals surface area contributed by atoms with Gasteiger partial charge in [-0.25, -0.2) is 4.79 Å². The summed E-state index contributed by atoms with van der Waals surface area (Å²) >= 11 is 3.90. The van der Waals surface area contributed by atoms with E-state index in [1.807, 2.05) is 0 Å². The molecule has 11 nitrogen and oxygen atoms in total. The van der Waals surface area contributed by atoms with Crippen molar-refractivity contribution in [1.82, 2.24) is 16.0 Å². The molecule has 0 spiro atoms. The van der Waals surface area contributed by atoms with Gasteiger partial charge in [-0.15, -0.1) is 0 Å². The predicted molar refractivity (Wildman–Crippen MR) is 109 cm³/mol. The lowest BCUT2D eigenvalue weighted by Gasteiger charge is -2.25. The highest BCUT2D eigenvalue weighted by molar-refractivity contribution is 7.80. The first-order valence-corrected chi connectivity index (χ1v) is 9.86. The van der Waals surface area contributed by atoms with E-state index >= 15 is 0 Å². The molecule has 0 fully saturated rings. The molecule has 0 radical (unpaired) electrons. The zero-order valence-corrected chi connectivity index (χ0v) is 17.7. The Labute approximate surface area is 175 Å². The molecule has 0 aliphatic carbocycles.